The largest absolute Gasteiger partial charge is 0.480 e. The number of nitrogens with zero attached hydrogens (tertiary/aromatic N) is 1. The van der Waals surface area contributed by atoms with Crippen LogP contribution in [0.3, 0.4) is 0 Å². The monoisotopic (exact) mass is 416 g/mol. The highest BCUT2D eigenvalue weighted by Gasteiger charge is 2.23. The first-order valence-electron chi connectivity index (χ1n) is 8.63. The molecule has 0 aromatic heterocycles. The lowest BCUT2D eigenvalue weighted by Gasteiger charge is -2.18. The Hall–Kier alpha value is -3.42. The van der Waals surface area contributed by atoms with Crippen molar-refractivity contribution >= 4 is 35.6 Å². The molecule has 0 aliphatic rings. The molecule has 14 heteroatoms. The molecule has 3 atom stereocenters. The molecule has 0 fully saturated rings. The quantitative estimate of drug-likeness (QED) is 0.0814. The standard InChI is InChI=1S/C15H28N8O6/c1-7(22-13(27)8(16)3-2-4-20-15(18)19)12(26)21-6-11(25)23-9(14(28)29)5-10(17)24/h7-9H,2-6,16H2,1H3,(H2,17,24)(H,21,26)(H,22,27)(H,23,25)(H,28,29)(H4,18,19,20). The molecule has 29 heavy (non-hydrogen) atoms. The van der Waals surface area contributed by atoms with Crippen molar-refractivity contribution < 1.29 is 29.1 Å². The van der Waals surface area contributed by atoms with Gasteiger partial charge in [-0.3, -0.25) is 24.2 Å². The van der Waals surface area contributed by atoms with E-state index < -0.39 is 60.7 Å². The van der Waals surface area contributed by atoms with Gasteiger partial charge in [0.25, 0.3) is 0 Å². The maximum Gasteiger partial charge on any atom is 0.326 e. The summed E-state index contributed by atoms with van der Waals surface area (Å²) < 4.78 is 0. The molecule has 14 nitrogen and oxygen atoms in total. The Morgan fingerprint density at radius 3 is 2.17 bits per heavy atom. The highest BCUT2D eigenvalue weighted by atomic mass is 16.4. The number of hydrogen-bond donors (Lipinski definition) is 8. The summed E-state index contributed by atoms with van der Waals surface area (Å²) in [5.74, 6) is -4.54. The first kappa shape index (κ1) is 25.6. The number of nitrogens with two attached hydrogens (primary N) is 4. The highest BCUT2D eigenvalue weighted by Crippen LogP contribution is 1.97. The summed E-state index contributed by atoms with van der Waals surface area (Å²) >= 11 is 0. The molecular weight excluding hydrogens is 388 g/mol. The van der Waals surface area contributed by atoms with Crippen molar-refractivity contribution in [2.75, 3.05) is 13.1 Å². The third kappa shape index (κ3) is 11.8. The number of carboxylic acid groups (broad SMARTS) is 1. The fourth-order valence-corrected chi connectivity index (χ4v) is 2.00. The maximum absolute atomic E-state index is 12.0. The molecule has 0 aliphatic heterocycles. The van der Waals surface area contributed by atoms with Crippen molar-refractivity contribution in [3.8, 4) is 0 Å². The Kier molecular flexibility index (Phi) is 11.4. The van der Waals surface area contributed by atoms with E-state index in [-0.39, 0.29) is 12.4 Å². The lowest BCUT2D eigenvalue weighted by Crippen LogP contribution is -2.52. The maximum atomic E-state index is 12.0. The summed E-state index contributed by atoms with van der Waals surface area (Å²) in [6.45, 7) is 1.12. The molecule has 164 valence electrons. The molecule has 0 heterocycles. The van der Waals surface area contributed by atoms with Crippen molar-refractivity contribution in [1.82, 2.24) is 16.0 Å². The van der Waals surface area contributed by atoms with Crippen molar-refractivity contribution in [3.63, 3.8) is 0 Å². The minimum absolute atomic E-state index is 0.0679. The second-order valence-electron chi connectivity index (χ2n) is 6.13. The fourth-order valence-electron chi connectivity index (χ4n) is 2.00. The normalized spacial score (nSPS) is 13.3. The second-order valence-corrected chi connectivity index (χ2v) is 6.13. The van der Waals surface area contributed by atoms with Gasteiger partial charge in [-0.2, -0.15) is 0 Å². The summed E-state index contributed by atoms with van der Waals surface area (Å²) in [6, 6.07) is -3.39. The SMILES string of the molecule is CC(NC(=O)C(N)CCCN=C(N)N)C(=O)NCC(=O)NC(CC(N)=O)C(=O)O. The van der Waals surface area contributed by atoms with Gasteiger partial charge in [0.2, 0.25) is 23.6 Å². The summed E-state index contributed by atoms with van der Waals surface area (Å²) in [5.41, 5.74) is 21.0. The van der Waals surface area contributed by atoms with E-state index in [1.165, 1.54) is 6.92 Å². The van der Waals surface area contributed by atoms with Crippen LogP contribution in [-0.4, -0.2) is 71.9 Å². The Morgan fingerprint density at radius 1 is 1.03 bits per heavy atom. The van der Waals surface area contributed by atoms with Gasteiger partial charge in [-0.05, 0) is 19.8 Å². The Morgan fingerprint density at radius 2 is 1.66 bits per heavy atom. The summed E-state index contributed by atoms with van der Waals surface area (Å²) in [7, 11) is 0. The zero-order valence-electron chi connectivity index (χ0n) is 16.0. The molecule has 12 N–H and O–H groups in total. The Labute approximate surface area is 166 Å². The smallest absolute Gasteiger partial charge is 0.326 e. The minimum Gasteiger partial charge on any atom is -0.480 e. The summed E-state index contributed by atoms with van der Waals surface area (Å²) in [5, 5.41) is 15.6. The number of nitrogens with one attached hydrogen (secondary N) is 3. The molecule has 0 aromatic carbocycles. The summed E-state index contributed by atoms with van der Waals surface area (Å²) in [4.78, 5) is 61.1. The number of carbonyl (C=O) groups is 5. The minimum atomic E-state index is -1.51. The van der Waals surface area contributed by atoms with Crippen LogP contribution in [-0.2, 0) is 24.0 Å². The third-order valence-electron chi connectivity index (χ3n) is 3.52. The van der Waals surface area contributed by atoms with Gasteiger partial charge in [0.15, 0.2) is 5.96 Å². The Bertz CT molecular complexity index is 649. The molecule has 0 rings (SSSR count). The number of amides is 4. The van der Waals surface area contributed by atoms with Crippen LogP contribution in [0.2, 0.25) is 0 Å². The van der Waals surface area contributed by atoms with Gasteiger partial charge in [0.05, 0.1) is 19.0 Å². The van der Waals surface area contributed by atoms with Gasteiger partial charge >= 0.3 is 5.97 Å². The molecule has 0 radical (unpaired) electrons. The zero-order chi connectivity index (χ0) is 22.6. The lowest BCUT2D eigenvalue weighted by molar-refractivity contribution is -0.143. The number of guanidine groups is 1. The number of hydrogen-bond acceptors (Lipinski definition) is 7. The topological polar surface area (TPSA) is 258 Å². The number of aliphatic imine (C=N–C) groups is 1. The van der Waals surface area contributed by atoms with E-state index in [0.29, 0.717) is 13.0 Å². The van der Waals surface area contributed by atoms with Crippen molar-refractivity contribution in [2.45, 2.75) is 44.3 Å². The number of aliphatic carboxylic acids is 1. The van der Waals surface area contributed by atoms with Crippen LogP contribution in [0.25, 0.3) is 0 Å². The first-order chi connectivity index (χ1) is 13.4. The highest BCUT2D eigenvalue weighted by molar-refractivity contribution is 5.93. The van der Waals surface area contributed by atoms with Crippen LogP contribution in [0, 0.1) is 0 Å². The van der Waals surface area contributed by atoms with E-state index in [2.05, 4.69) is 15.6 Å². The number of primary amides is 1. The predicted molar refractivity (Wildman–Crippen MR) is 102 cm³/mol. The molecule has 0 saturated carbocycles. The zero-order valence-corrected chi connectivity index (χ0v) is 16.0. The van der Waals surface area contributed by atoms with E-state index in [0.717, 1.165) is 0 Å². The third-order valence-corrected chi connectivity index (χ3v) is 3.52. The second kappa shape index (κ2) is 12.9. The van der Waals surface area contributed by atoms with E-state index in [4.69, 9.17) is 28.0 Å². The predicted octanol–water partition coefficient (Wildman–Crippen LogP) is -4.57. The van der Waals surface area contributed by atoms with Crippen molar-refractivity contribution in [3.05, 3.63) is 0 Å². The number of rotatable bonds is 13. The number of carboxylic acids is 1. The molecule has 0 aromatic rings. The van der Waals surface area contributed by atoms with Crippen LogP contribution >= 0.6 is 0 Å². The van der Waals surface area contributed by atoms with Gasteiger partial charge in [-0.15, -0.1) is 0 Å². The van der Waals surface area contributed by atoms with E-state index in [1.807, 2.05) is 5.32 Å². The van der Waals surface area contributed by atoms with Gasteiger partial charge in [-0.1, -0.05) is 0 Å². The van der Waals surface area contributed by atoms with Gasteiger partial charge in [-0.25, -0.2) is 4.79 Å². The van der Waals surface area contributed by atoms with Crippen LogP contribution < -0.4 is 38.9 Å². The van der Waals surface area contributed by atoms with Crippen LogP contribution in [0.1, 0.15) is 26.2 Å². The Balaban J connectivity index is 4.36. The average molecular weight is 416 g/mol. The van der Waals surface area contributed by atoms with Crippen molar-refractivity contribution in [2.24, 2.45) is 27.9 Å². The van der Waals surface area contributed by atoms with E-state index in [9.17, 15) is 24.0 Å². The molecular formula is C15H28N8O6. The molecule has 4 amide bonds. The van der Waals surface area contributed by atoms with E-state index in [1.54, 1.807) is 0 Å². The summed E-state index contributed by atoms with van der Waals surface area (Å²) in [6.07, 6.45) is 0.154. The van der Waals surface area contributed by atoms with Gasteiger partial charge < -0.3 is 44.0 Å². The fraction of sp³-hybridized carbons (Fsp3) is 0.600. The number of carbonyl (C=O) groups excluding carboxylic acids is 4. The van der Waals surface area contributed by atoms with Gasteiger partial charge in [0, 0.05) is 6.54 Å². The van der Waals surface area contributed by atoms with Gasteiger partial charge in [0.1, 0.15) is 12.1 Å². The van der Waals surface area contributed by atoms with Crippen LogP contribution in [0.4, 0.5) is 0 Å². The molecule has 0 bridgehead atoms. The molecule has 0 aliphatic carbocycles. The van der Waals surface area contributed by atoms with Crippen LogP contribution in [0.5, 0.6) is 0 Å². The lowest BCUT2D eigenvalue weighted by atomic mass is 10.1. The van der Waals surface area contributed by atoms with Crippen molar-refractivity contribution in [1.29, 1.82) is 0 Å². The first-order valence-corrected chi connectivity index (χ1v) is 8.63. The van der Waals surface area contributed by atoms with E-state index >= 15 is 0 Å². The average Bonchev–Trinajstić information content (AvgIpc) is 2.61. The van der Waals surface area contributed by atoms with Crippen LogP contribution in [0.15, 0.2) is 4.99 Å². The molecule has 0 spiro atoms. The molecule has 3 unspecified atom stereocenters. The molecule has 0 saturated heterocycles.